The molecule has 8 aromatic carbocycles. The molecular weight excluding hydrogens is 632 g/mol. The number of para-hydroxylation sites is 1. The third kappa shape index (κ3) is 5.14. The number of thiazole rings is 1. The number of rotatable bonds is 4. The average Bonchev–Trinajstić information content (AvgIpc) is 3.58. The van der Waals surface area contributed by atoms with Gasteiger partial charge in [-0.1, -0.05) is 121 Å². The summed E-state index contributed by atoms with van der Waals surface area (Å²) in [7, 11) is 0. The van der Waals surface area contributed by atoms with E-state index in [4.69, 9.17) is 4.98 Å². The Bertz CT molecular complexity index is 2600. The molecule has 0 bridgehead atoms. The van der Waals surface area contributed by atoms with Gasteiger partial charge in [0.05, 0.1) is 15.8 Å². The number of aromatic nitrogens is 1. The van der Waals surface area contributed by atoms with Crippen LogP contribution >= 0.6 is 11.3 Å². The minimum absolute atomic E-state index is 0.651. The number of hydrogen-bond donors (Lipinski definition) is 0. The second kappa shape index (κ2) is 11.4. The summed E-state index contributed by atoms with van der Waals surface area (Å²) in [5, 5.41) is 7.41. The van der Waals surface area contributed by atoms with Crippen molar-refractivity contribution in [1.82, 2.24) is 4.98 Å². The average molecular weight is 658 g/mol. The first-order chi connectivity index (χ1) is 23.9. The van der Waals surface area contributed by atoms with Crippen LogP contribution in [0.25, 0.3) is 86.5 Å². The standard InChI is InChI=1S/C44H26F3NS/c45-44(46,47)34-23-21-28(22-24-34)41-35-7-1-3-9-37(35)42(38-10-4-2-8-36(38)41)33-20-19-31-25-30(17-18-32(31)26-33)27-13-15-29(16-14-27)43-48-39-11-5-6-12-40(39)49-43/h1-26H. The van der Waals surface area contributed by atoms with Crippen LogP contribution in [0.5, 0.6) is 0 Å². The van der Waals surface area contributed by atoms with Crippen LogP contribution in [0.2, 0.25) is 0 Å². The summed E-state index contributed by atoms with van der Waals surface area (Å²) in [5.74, 6) is 0. The maximum Gasteiger partial charge on any atom is 0.416 e. The third-order valence-corrected chi connectivity index (χ3v) is 10.4. The van der Waals surface area contributed by atoms with Crippen LogP contribution in [-0.2, 0) is 6.18 Å². The van der Waals surface area contributed by atoms with Crippen LogP contribution in [0.15, 0.2) is 158 Å². The van der Waals surface area contributed by atoms with Crippen LogP contribution in [0.4, 0.5) is 13.2 Å². The molecule has 0 unspecified atom stereocenters. The molecule has 234 valence electrons. The van der Waals surface area contributed by atoms with Gasteiger partial charge in [0.2, 0.25) is 0 Å². The van der Waals surface area contributed by atoms with Crippen molar-refractivity contribution >= 4 is 53.9 Å². The third-order valence-electron chi connectivity index (χ3n) is 9.32. The van der Waals surface area contributed by atoms with Gasteiger partial charge < -0.3 is 0 Å². The fraction of sp³-hybridized carbons (Fsp3) is 0.0227. The lowest BCUT2D eigenvalue weighted by atomic mass is 9.85. The zero-order valence-corrected chi connectivity index (χ0v) is 26.8. The molecular formula is C44H26F3NS. The molecule has 0 aliphatic carbocycles. The Kier molecular flexibility index (Phi) is 6.85. The van der Waals surface area contributed by atoms with E-state index < -0.39 is 11.7 Å². The van der Waals surface area contributed by atoms with Crippen LogP contribution in [0.3, 0.4) is 0 Å². The number of halogens is 3. The van der Waals surface area contributed by atoms with E-state index in [1.807, 2.05) is 42.5 Å². The molecule has 49 heavy (non-hydrogen) atoms. The maximum atomic E-state index is 13.4. The summed E-state index contributed by atoms with van der Waals surface area (Å²) < 4.78 is 41.4. The predicted molar refractivity (Wildman–Crippen MR) is 199 cm³/mol. The number of benzene rings is 8. The van der Waals surface area contributed by atoms with E-state index in [-0.39, 0.29) is 0 Å². The second-order valence-electron chi connectivity index (χ2n) is 12.3. The highest BCUT2D eigenvalue weighted by Gasteiger charge is 2.30. The molecule has 1 nitrogen and oxygen atoms in total. The van der Waals surface area contributed by atoms with E-state index in [0.717, 1.165) is 81.8 Å². The number of fused-ring (bicyclic) bond motifs is 4. The molecule has 0 radical (unpaired) electrons. The first-order valence-corrected chi connectivity index (χ1v) is 16.8. The molecule has 9 aromatic rings. The summed E-state index contributed by atoms with van der Waals surface area (Å²) in [6.07, 6.45) is -4.38. The highest BCUT2D eigenvalue weighted by Crippen LogP contribution is 2.45. The summed E-state index contributed by atoms with van der Waals surface area (Å²) >= 11 is 1.71. The van der Waals surface area contributed by atoms with Crippen molar-refractivity contribution in [2.75, 3.05) is 0 Å². The lowest BCUT2D eigenvalue weighted by Gasteiger charge is -2.18. The van der Waals surface area contributed by atoms with E-state index in [2.05, 4.69) is 91.0 Å². The van der Waals surface area contributed by atoms with Gasteiger partial charge in [0, 0.05) is 5.56 Å². The fourth-order valence-corrected chi connectivity index (χ4v) is 7.93. The molecule has 0 saturated heterocycles. The van der Waals surface area contributed by atoms with Crippen LogP contribution in [0.1, 0.15) is 5.56 Å². The van der Waals surface area contributed by atoms with Gasteiger partial charge in [-0.2, -0.15) is 13.2 Å². The topological polar surface area (TPSA) is 12.9 Å². The molecule has 0 spiro atoms. The Morgan fingerprint density at radius 3 is 1.49 bits per heavy atom. The van der Waals surface area contributed by atoms with Gasteiger partial charge >= 0.3 is 6.18 Å². The number of hydrogen-bond acceptors (Lipinski definition) is 2. The SMILES string of the molecule is FC(F)(F)c1ccc(-c2c3ccccc3c(-c3ccc4cc(-c5ccc(-c6nc7ccccc7s6)cc5)ccc4c3)c3ccccc23)cc1. The zero-order valence-electron chi connectivity index (χ0n) is 26.0. The molecule has 0 fully saturated rings. The van der Waals surface area contributed by atoms with Crippen molar-refractivity contribution in [3.8, 4) is 44.0 Å². The van der Waals surface area contributed by atoms with E-state index in [0.29, 0.717) is 0 Å². The first kappa shape index (κ1) is 29.4. The molecule has 0 aliphatic rings. The zero-order chi connectivity index (χ0) is 33.1. The minimum Gasteiger partial charge on any atom is -0.236 e. The van der Waals surface area contributed by atoms with Gasteiger partial charge in [-0.3, -0.25) is 0 Å². The number of alkyl halides is 3. The monoisotopic (exact) mass is 657 g/mol. The van der Waals surface area contributed by atoms with E-state index in [1.165, 1.54) is 16.8 Å². The lowest BCUT2D eigenvalue weighted by molar-refractivity contribution is -0.137. The largest absolute Gasteiger partial charge is 0.416 e. The molecule has 9 rings (SSSR count). The summed E-state index contributed by atoms with van der Waals surface area (Å²) in [4.78, 5) is 4.81. The lowest BCUT2D eigenvalue weighted by Crippen LogP contribution is -2.04. The highest BCUT2D eigenvalue weighted by atomic mass is 32.1. The molecule has 1 aromatic heterocycles. The minimum atomic E-state index is -4.38. The normalized spacial score (nSPS) is 12.0. The van der Waals surface area contributed by atoms with Crippen molar-refractivity contribution in [2.24, 2.45) is 0 Å². The van der Waals surface area contributed by atoms with Crippen molar-refractivity contribution in [3.63, 3.8) is 0 Å². The maximum absolute atomic E-state index is 13.4. The van der Waals surface area contributed by atoms with Gasteiger partial charge in [-0.05, 0) is 102 Å². The van der Waals surface area contributed by atoms with Crippen molar-refractivity contribution in [1.29, 1.82) is 0 Å². The predicted octanol–water partition coefficient (Wildman–Crippen LogP) is 13.4. The van der Waals surface area contributed by atoms with Gasteiger partial charge in [-0.15, -0.1) is 11.3 Å². The van der Waals surface area contributed by atoms with Crippen molar-refractivity contribution in [3.05, 3.63) is 163 Å². The van der Waals surface area contributed by atoms with Crippen LogP contribution < -0.4 is 0 Å². The highest BCUT2D eigenvalue weighted by molar-refractivity contribution is 7.21. The van der Waals surface area contributed by atoms with Gasteiger partial charge in [0.1, 0.15) is 5.01 Å². The smallest absolute Gasteiger partial charge is 0.236 e. The quantitative estimate of drug-likeness (QED) is 0.172. The molecule has 1 heterocycles. The molecule has 5 heteroatoms. The van der Waals surface area contributed by atoms with Gasteiger partial charge in [0.25, 0.3) is 0 Å². The van der Waals surface area contributed by atoms with Crippen LogP contribution in [-0.4, -0.2) is 4.98 Å². The summed E-state index contributed by atoms with van der Waals surface area (Å²) in [5.41, 5.74) is 7.66. The molecule has 0 amide bonds. The Morgan fingerprint density at radius 2 is 0.898 bits per heavy atom. The molecule has 0 atom stereocenters. The Morgan fingerprint density at radius 1 is 0.429 bits per heavy atom. The van der Waals surface area contributed by atoms with E-state index in [9.17, 15) is 13.2 Å². The van der Waals surface area contributed by atoms with Crippen molar-refractivity contribution in [2.45, 2.75) is 6.18 Å². The number of nitrogens with zero attached hydrogens (tertiary/aromatic N) is 1. The van der Waals surface area contributed by atoms with E-state index in [1.54, 1.807) is 23.5 Å². The van der Waals surface area contributed by atoms with Crippen molar-refractivity contribution < 1.29 is 13.2 Å². The Balaban J connectivity index is 1.12. The summed E-state index contributed by atoms with van der Waals surface area (Å²) in [6.45, 7) is 0. The molecule has 0 aliphatic heterocycles. The fourth-order valence-electron chi connectivity index (χ4n) is 6.96. The molecule has 0 N–H and O–H groups in total. The summed E-state index contributed by atoms with van der Waals surface area (Å²) in [6, 6.07) is 51.9. The van der Waals surface area contributed by atoms with Gasteiger partial charge in [-0.25, -0.2) is 4.98 Å². The Hall–Kier alpha value is -5.78. The molecule has 0 saturated carbocycles. The van der Waals surface area contributed by atoms with Crippen LogP contribution in [0, 0.1) is 0 Å². The van der Waals surface area contributed by atoms with Gasteiger partial charge in [0.15, 0.2) is 0 Å². The Labute approximate surface area is 284 Å². The van der Waals surface area contributed by atoms with E-state index >= 15 is 0 Å². The second-order valence-corrected chi connectivity index (χ2v) is 13.3. The first-order valence-electron chi connectivity index (χ1n) is 16.0.